The molecule has 4 aliphatic carbocycles. The SMILES string of the molecule is CC1CC2C=C(O)CC[C@]2(C)[C@@H]2CC[C@]3(C)C(O)=CC[C@H]3[C@H]12. The Hall–Kier alpha value is -0.920. The molecule has 2 nitrogen and oxygen atoms in total. The molecule has 2 heteroatoms. The Labute approximate surface area is 134 Å². The maximum Gasteiger partial charge on any atom is 0.0944 e. The Morgan fingerprint density at radius 1 is 1.14 bits per heavy atom. The van der Waals surface area contributed by atoms with Gasteiger partial charge in [0, 0.05) is 11.8 Å². The number of hydrogen-bond acceptors (Lipinski definition) is 2. The molecule has 4 rings (SSSR count). The molecule has 7 atom stereocenters. The van der Waals surface area contributed by atoms with Crippen LogP contribution in [0.25, 0.3) is 0 Å². The van der Waals surface area contributed by atoms with Gasteiger partial charge in [-0.2, -0.15) is 0 Å². The summed E-state index contributed by atoms with van der Waals surface area (Å²) >= 11 is 0. The zero-order chi connectivity index (χ0) is 15.7. The minimum atomic E-state index is 0.0330. The second kappa shape index (κ2) is 4.55. The van der Waals surface area contributed by atoms with Crippen LogP contribution >= 0.6 is 0 Å². The molecule has 0 amide bonds. The van der Waals surface area contributed by atoms with E-state index in [2.05, 4.69) is 32.9 Å². The molecule has 0 spiro atoms. The first-order valence-corrected chi connectivity index (χ1v) is 9.15. The molecule has 0 bridgehead atoms. The summed E-state index contributed by atoms with van der Waals surface area (Å²) < 4.78 is 0. The average Bonchev–Trinajstić information content (AvgIpc) is 2.77. The number of aliphatic hydroxyl groups excluding tert-OH is 2. The summed E-state index contributed by atoms with van der Waals surface area (Å²) in [6.45, 7) is 7.19. The summed E-state index contributed by atoms with van der Waals surface area (Å²) in [5.74, 6) is 4.63. The third-order valence-electron chi connectivity index (χ3n) is 8.16. The monoisotopic (exact) mass is 302 g/mol. The molecule has 22 heavy (non-hydrogen) atoms. The van der Waals surface area contributed by atoms with Crippen LogP contribution in [-0.2, 0) is 0 Å². The van der Waals surface area contributed by atoms with E-state index in [-0.39, 0.29) is 5.41 Å². The normalized spacial score (nSPS) is 53.9. The van der Waals surface area contributed by atoms with E-state index in [0.717, 1.165) is 37.5 Å². The molecule has 0 aliphatic heterocycles. The van der Waals surface area contributed by atoms with Crippen LogP contribution in [0.1, 0.15) is 59.3 Å². The molecule has 2 unspecified atom stereocenters. The molecule has 122 valence electrons. The fourth-order valence-electron chi connectivity index (χ4n) is 6.75. The van der Waals surface area contributed by atoms with Crippen molar-refractivity contribution in [3.05, 3.63) is 23.7 Å². The predicted molar refractivity (Wildman–Crippen MR) is 88.5 cm³/mol. The van der Waals surface area contributed by atoms with Crippen molar-refractivity contribution in [2.24, 2.45) is 40.4 Å². The molecule has 4 aliphatic rings. The Morgan fingerprint density at radius 2 is 1.91 bits per heavy atom. The lowest BCUT2D eigenvalue weighted by molar-refractivity contribution is -0.111. The topological polar surface area (TPSA) is 40.5 Å². The Kier molecular flexibility index (Phi) is 3.03. The highest BCUT2D eigenvalue weighted by molar-refractivity contribution is 5.22. The van der Waals surface area contributed by atoms with Gasteiger partial charge in [-0.25, -0.2) is 0 Å². The van der Waals surface area contributed by atoms with Crippen LogP contribution in [0.2, 0.25) is 0 Å². The molecular weight excluding hydrogens is 272 g/mol. The van der Waals surface area contributed by atoms with Gasteiger partial charge in [-0.3, -0.25) is 0 Å². The number of fused-ring (bicyclic) bond motifs is 5. The number of hydrogen-bond donors (Lipinski definition) is 2. The van der Waals surface area contributed by atoms with Gasteiger partial charge in [0.15, 0.2) is 0 Å². The molecule has 2 N–H and O–H groups in total. The van der Waals surface area contributed by atoms with E-state index in [4.69, 9.17) is 0 Å². The molecular formula is C20H30O2. The fourth-order valence-corrected chi connectivity index (χ4v) is 6.75. The summed E-state index contributed by atoms with van der Waals surface area (Å²) in [6.07, 6.45) is 10.9. The van der Waals surface area contributed by atoms with E-state index in [1.165, 1.54) is 12.8 Å². The van der Waals surface area contributed by atoms with Crippen LogP contribution in [-0.4, -0.2) is 10.2 Å². The summed E-state index contributed by atoms with van der Waals surface area (Å²) in [5.41, 5.74) is 0.383. The van der Waals surface area contributed by atoms with Crippen molar-refractivity contribution in [2.45, 2.75) is 59.3 Å². The minimum absolute atomic E-state index is 0.0330. The average molecular weight is 302 g/mol. The summed E-state index contributed by atoms with van der Waals surface area (Å²) in [7, 11) is 0. The van der Waals surface area contributed by atoms with E-state index in [9.17, 15) is 10.2 Å². The minimum Gasteiger partial charge on any atom is -0.513 e. The first kappa shape index (κ1) is 14.7. The van der Waals surface area contributed by atoms with Gasteiger partial charge in [0.25, 0.3) is 0 Å². The van der Waals surface area contributed by atoms with Gasteiger partial charge in [0.1, 0.15) is 0 Å². The summed E-state index contributed by atoms with van der Waals surface area (Å²) in [4.78, 5) is 0. The molecule has 0 saturated heterocycles. The maximum absolute atomic E-state index is 10.4. The number of allylic oxidation sites excluding steroid dienone is 4. The molecule has 0 aromatic carbocycles. The quantitative estimate of drug-likeness (QED) is 0.631. The first-order valence-electron chi connectivity index (χ1n) is 9.15. The van der Waals surface area contributed by atoms with Gasteiger partial charge in [0.2, 0.25) is 0 Å². The smallest absolute Gasteiger partial charge is 0.0944 e. The second-order valence-corrected chi connectivity index (χ2v) is 9.05. The van der Waals surface area contributed by atoms with Crippen LogP contribution in [0.5, 0.6) is 0 Å². The fraction of sp³-hybridized carbons (Fsp3) is 0.800. The molecule has 0 radical (unpaired) electrons. The van der Waals surface area contributed by atoms with Crippen molar-refractivity contribution in [1.82, 2.24) is 0 Å². The maximum atomic E-state index is 10.4. The van der Waals surface area contributed by atoms with Crippen molar-refractivity contribution in [1.29, 1.82) is 0 Å². The first-order chi connectivity index (χ1) is 10.4. The molecule has 0 heterocycles. The lowest BCUT2D eigenvalue weighted by Gasteiger charge is -2.61. The van der Waals surface area contributed by atoms with Crippen LogP contribution in [0.4, 0.5) is 0 Å². The molecule has 0 aromatic heterocycles. The zero-order valence-electron chi connectivity index (χ0n) is 14.2. The van der Waals surface area contributed by atoms with Gasteiger partial charge in [-0.1, -0.05) is 20.8 Å². The summed E-state index contributed by atoms with van der Waals surface area (Å²) in [6, 6.07) is 0. The van der Waals surface area contributed by atoms with Crippen molar-refractivity contribution >= 4 is 0 Å². The van der Waals surface area contributed by atoms with Crippen molar-refractivity contribution in [3.63, 3.8) is 0 Å². The van der Waals surface area contributed by atoms with Gasteiger partial charge in [-0.15, -0.1) is 0 Å². The summed E-state index contributed by atoms with van der Waals surface area (Å²) in [5, 5.41) is 20.4. The zero-order valence-corrected chi connectivity index (χ0v) is 14.2. The Bertz CT molecular complexity index is 548. The lowest BCUT2D eigenvalue weighted by Crippen LogP contribution is -2.54. The highest BCUT2D eigenvalue weighted by Crippen LogP contribution is 2.66. The van der Waals surface area contributed by atoms with Crippen molar-refractivity contribution in [2.75, 3.05) is 0 Å². The van der Waals surface area contributed by atoms with Crippen LogP contribution in [0, 0.1) is 40.4 Å². The number of rotatable bonds is 0. The molecule has 0 aromatic rings. The van der Waals surface area contributed by atoms with Crippen LogP contribution in [0.15, 0.2) is 23.7 Å². The van der Waals surface area contributed by atoms with Crippen LogP contribution < -0.4 is 0 Å². The highest BCUT2D eigenvalue weighted by atomic mass is 16.3. The van der Waals surface area contributed by atoms with E-state index in [0.29, 0.717) is 34.7 Å². The van der Waals surface area contributed by atoms with E-state index in [1.54, 1.807) is 0 Å². The van der Waals surface area contributed by atoms with Gasteiger partial charge in [0.05, 0.1) is 11.5 Å². The largest absolute Gasteiger partial charge is 0.513 e. The standard InChI is InChI=1S/C20H30O2/c1-12-10-13-11-14(21)6-8-19(13,2)16-7-9-20(3)15(18(12)16)4-5-17(20)22/h5,11-13,15-16,18,21-22H,4,6-10H2,1-3H3/t12?,13?,15-,16+,18-,19-,20-/m0/s1. The van der Waals surface area contributed by atoms with E-state index < -0.39 is 0 Å². The van der Waals surface area contributed by atoms with E-state index >= 15 is 0 Å². The Morgan fingerprint density at radius 3 is 2.68 bits per heavy atom. The lowest BCUT2D eigenvalue weighted by atomic mass is 9.44. The van der Waals surface area contributed by atoms with E-state index in [1.807, 2.05) is 0 Å². The highest BCUT2D eigenvalue weighted by Gasteiger charge is 2.60. The second-order valence-electron chi connectivity index (χ2n) is 9.05. The van der Waals surface area contributed by atoms with Crippen molar-refractivity contribution in [3.8, 4) is 0 Å². The van der Waals surface area contributed by atoms with Gasteiger partial charge in [-0.05, 0) is 79.3 Å². The van der Waals surface area contributed by atoms with Crippen LogP contribution in [0.3, 0.4) is 0 Å². The van der Waals surface area contributed by atoms with Gasteiger partial charge >= 0.3 is 0 Å². The van der Waals surface area contributed by atoms with Gasteiger partial charge < -0.3 is 10.2 Å². The predicted octanol–water partition coefficient (Wildman–Crippen LogP) is 5.38. The molecule has 2 fully saturated rings. The number of aliphatic hydroxyl groups is 2. The third kappa shape index (κ3) is 1.73. The van der Waals surface area contributed by atoms with Crippen molar-refractivity contribution < 1.29 is 10.2 Å². The Balaban J connectivity index is 1.71. The molecule has 2 saturated carbocycles. The third-order valence-corrected chi connectivity index (χ3v) is 8.16.